The second-order valence-corrected chi connectivity index (χ2v) is 10.9. The molecule has 3 aromatic carbocycles. The number of fused-ring (bicyclic) bond motifs is 5. The fourth-order valence-electron chi connectivity index (χ4n) is 5.88. The van der Waals surface area contributed by atoms with Crippen LogP contribution in [0.25, 0.3) is 49.0 Å². The molecule has 2 nitrogen and oxygen atoms in total. The predicted octanol–water partition coefficient (Wildman–Crippen LogP) is 7.33. The number of nitrogens with zero attached hydrogens (tertiary/aromatic N) is 2. The van der Waals surface area contributed by atoms with E-state index in [0.29, 0.717) is 0 Å². The molecule has 0 atom stereocenters. The zero-order valence-corrected chi connectivity index (χ0v) is 20.2. The Hall–Kier alpha value is -3.13. The Kier molecular flexibility index (Phi) is 3.80. The third-order valence-corrected chi connectivity index (χ3v) is 7.42. The van der Waals surface area contributed by atoms with Crippen LogP contribution in [0.5, 0.6) is 0 Å². The molecular formula is C30H31N2+. The maximum atomic E-state index is 2.57. The number of aryl methyl sites for hydroxylation is 4. The van der Waals surface area contributed by atoms with Crippen molar-refractivity contribution >= 4 is 49.0 Å². The lowest BCUT2D eigenvalue weighted by Crippen LogP contribution is -2.29. The first-order valence-electron chi connectivity index (χ1n) is 11.7. The van der Waals surface area contributed by atoms with Crippen molar-refractivity contribution in [3.63, 3.8) is 0 Å². The van der Waals surface area contributed by atoms with Gasteiger partial charge in [0.05, 0.1) is 27.3 Å². The van der Waals surface area contributed by atoms with Gasteiger partial charge in [-0.3, -0.25) is 0 Å². The molecule has 0 saturated carbocycles. The highest BCUT2D eigenvalue weighted by Crippen LogP contribution is 2.43. The van der Waals surface area contributed by atoms with Crippen molar-refractivity contribution in [1.29, 1.82) is 0 Å². The number of rotatable bonds is 1. The van der Waals surface area contributed by atoms with Crippen LogP contribution in [-0.4, -0.2) is 4.40 Å². The first-order chi connectivity index (χ1) is 15.2. The van der Waals surface area contributed by atoms with E-state index in [0.717, 1.165) is 6.42 Å². The molecule has 0 saturated heterocycles. The van der Waals surface area contributed by atoms with Gasteiger partial charge in [0.1, 0.15) is 7.05 Å². The molecule has 0 N–H and O–H groups in total. The number of hydrogen-bond acceptors (Lipinski definition) is 0. The lowest BCUT2D eigenvalue weighted by atomic mass is 9.84. The molecule has 0 fully saturated rings. The summed E-state index contributed by atoms with van der Waals surface area (Å²) in [5, 5.41) is 6.82. The summed E-state index contributed by atoms with van der Waals surface area (Å²) in [6.45, 7) is 13.9. The molecule has 160 valence electrons. The molecule has 3 aromatic heterocycles. The van der Waals surface area contributed by atoms with E-state index < -0.39 is 0 Å². The van der Waals surface area contributed by atoms with Crippen LogP contribution in [0.2, 0.25) is 0 Å². The van der Waals surface area contributed by atoms with Gasteiger partial charge in [-0.05, 0) is 72.4 Å². The van der Waals surface area contributed by atoms with E-state index >= 15 is 0 Å². The minimum Gasteiger partial charge on any atom is -0.307 e. The second-order valence-electron chi connectivity index (χ2n) is 10.9. The molecule has 32 heavy (non-hydrogen) atoms. The van der Waals surface area contributed by atoms with Gasteiger partial charge in [0.2, 0.25) is 5.52 Å². The van der Waals surface area contributed by atoms with Gasteiger partial charge in [-0.25, -0.2) is 4.57 Å². The highest BCUT2D eigenvalue weighted by atomic mass is 15.0. The predicted molar refractivity (Wildman–Crippen MR) is 137 cm³/mol. The topological polar surface area (TPSA) is 8.29 Å². The fraction of sp³-hybridized carbons (Fsp3) is 0.300. The van der Waals surface area contributed by atoms with E-state index in [4.69, 9.17) is 0 Å². The normalized spacial score (nSPS) is 13.0. The van der Waals surface area contributed by atoms with Gasteiger partial charge in [-0.2, -0.15) is 0 Å². The standard InChI is InChI=1S/C30H31N2/c1-17-14-23-22-10-8-9-11-24(22)32-27-19(3)21(16-30(4,5)6)15-20-12-13-31(7)29(26(20)27)25(18(17)2)28(23)32/h8-15H,16H2,1-7H3/q+1. The van der Waals surface area contributed by atoms with Gasteiger partial charge in [0.15, 0.2) is 6.20 Å². The van der Waals surface area contributed by atoms with Crippen molar-refractivity contribution in [2.45, 2.75) is 48.0 Å². The molecule has 0 radical (unpaired) electrons. The Morgan fingerprint density at radius 1 is 0.844 bits per heavy atom. The van der Waals surface area contributed by atoms with Crippen molar-refractivity contribution in [3.05, 3.63) is 70.9 Å². The van der Waals surface area contributed by atoms with Crippen molar-refractivity contribution < 1.29 is 4.57 Å². The number of pyridine rings is 2. The highest BCUT2D eigenvalue weighted by molar-refractivity contribution is 6.26. The molecule has 0 amide bonds. The summed E-state index contributed by atoms with van der Waals surface area (Å²) in [6.07, 6.45) is 3.31. The summed E-state index contributed by atoms with van der Waals surface area (Å²) < 4.78 is 4.90. The molecule has 0 bridgehead atoms. The molecule has 0 aliphatic rings. The van der Waals surface area contributed by atoms with Gasteiger partial charge in [0.25, 0.3) is 0 Å². The molecule has 0 aliphatic carbocycles. The average molecular weight is 420 g/mol. The van der Waals surface area contributed by atoms with Gasteiger partial charge in [-0.1, -0.05) is 45.0 Å². The fourth-order valence-corrected chi connectivity index (χ4v) is 5.88. The summed E-state index contributed by atoms with van der Waals surface area (Å²) in [5.41, 5.74) is 11.2. The summed E-state index contributed by atoms with van der Waals surface area (Å²) in [5.74, 6) is 0. The zero-order valence-electron chi connectivity index (χ0n) is 20.2. The number of aromatic nitrogens is 2. The van der Waals surface area contributed by atoms with Crippen LogP contribution >= 0.6 is 0 Å². The zero-order chi connectivity index (χ0) is 22.5. The number of para-hydroxylation sites is 1. The van der Waals surface area contributed by atoms with E-state index in [2.05, 4.69) is 106 Å². The quantitative estimate of drug-likeness (QED) is 0.150. The minimum absolute atomic E-state index is 0.238. The molecule has 3 heterocycles. The van der Waals surface area contributed by atoms with Crippen molar-refractivity contribution in [1.82, 2.24) is 4.40 Å². The summed E-state index contributed by atoms with van der Waals surface area (Å²) >= 11 is 0. The van der Waals surface area contributed by atoms with Gasteiger partial charge in [0, 0.05) is 16.8 Å². The first kappa shape index (κ1) is 19.5. The van der Waals surface area contributed by atoms with Crippen LogP contribution in [-0.2, 0) is 13.5 Å². The number of hydrogen-bond donors (Lipinski definition) is 0. The SMILES string of the molecule is Cc1cc2c3ccccc3n3c4c(C)c(CC(C)(C)C)cc5cc[n+](C)c(c(c1C)c23)c54. The molecule has 6 rings (SSSR count). The van der Waals surface area contributed by atoms with E-state index in [1.807, 2.05) is 0 Å². The summed E-state index contributed by atoms with van der Waals surface area (Å²) in [6, 6.07) is 16.1. The Bertz CT molecular complexity index is 1710. The largest absolute Gasteiger partial charge is 0.307 e. The summed E-state index contributed by atoms with van der Waals surface area (Å²) in [4.78, 5) is 0. The molecule has 0 unspecified atom stereocenters. The maximum absolute atomic E-state index is 2.57. The molecule has 2 heteroatoms. The van der Waals surface area contributed by atoms with Crippen molar-refractivity contribution in [3.8, 4) is 0 Å². The van der Waals surface area contributed by atoms with Crippen molar-refractivity contribution in [2.24, 2.45) is 12.5 Å². The minimum atomic E-state index is 0.238. The molecule has 0 spiro atoms. The molecular weight excluding hydrogens is 388 g/mol. The Balaban J connectivity index is 2.03. The number of benzene rings is 3. The van der Waals surface area contributed by atoms with Gasteiger partial charge in [-0.15, -0.1) is 0 Å². The average Bonchev–Trinajstić information content (AvgIpc) is 3.05. The maximum Gasteiger partial charge on any atom is 0.224 e. The third-order valence-electron chi connectivity index (χ3n) is 7.42. The van der Waals surface area contributed by atoms with Crippen LogP contribution < -0.4 is 4.57 Å². The van der Waals surface area contributed by atoms with Crippen molar-refractivity contribution in [2.75, 3.05) is 0 Å². The Morgan fingerprint density at radius 2 is 1.59 bits per heavy atom. The van der Waals surface area contributed by atoms with Crippen LogP contribution in [0.1, 0.15) is 43.0 Å². The van der Waals surface area contributed by atoms with Gasteiger partial charge < -0.3 is 4.40 Å². The molecule has 0 aliphatic heterocycles. The van der Waals surface area contributed by atoms with E-state index in [1.165, 1.54) is 71.3 Å². The van der Waals surface area contributed by atoms with E-state index in [1.54, 1.807) is 0 Å². The molecule has 6 aromatic rings. The lowest BCUT2D eigenvalue weighted by Gasteiger charge is -2.22. The second kappa shape index (κ2) is 6.22. The third kappa shape index (κ3) is 2.44. The van der Waals surface area contributed by atoms with Crippen LogP contribution in [0, 0.1) is 26.2 Å². The van der Waals surface area contributed by atoms with Gasteiger partial charge >= 0.3 is 0 Å². The first-order valence-corrected chi connectivity index (χ1v) is 11.7. The van der Waals surface area contributed by atoms with E-state index in [9.17, 15) is 0 Å². The smallest absolute Gasteiger partial charge is 0.224 e. The highest BCUT2D eigenvalue weighted by Gasteiger charge is 2.27. The van der Waals surface area contributed by atoms with Crippen LogP contribution in [0.3, 0.4) is 0 Å². The summed E-state index contributed by atoms with van der Waals surface area (Å²) in [7, 11) is 2.20. The van der Waals surface area contributed by atoms with E-state index in [-0.39, 0.29) is 5.41 Å². The Morgan fingerprint density at radius 3 is 2.34 bits per heavy atom. The van der Waals surface area contributed by atoms with Crippen LogP contribution in [0.15, 0.2) is 48.7 Å². The monoisotopic (exact) mass is 419 g/mol. The van der Waals surface area contributed by atoms with Crippen LogP contribution in [0.4, 0.5) is 0 Å². The Labute approximate surface area is 189 Å². The lowest BCUT2D eigenvalue weighted by molar-refractivity contribution is -0.643.